The third-order valence-electron chi connectivity index (χ3n) is 2.31. The van der Waals surface area contributed by atoms with E-state index in [1.165, 1.54) is 24.3 Å². The first-order chi connectivity index (χ1) is 8.90. The van der Waals surface area contributed by atoms with Crippen LogP contribution >= 0.6 is 34.8 Å². The van der Waals surface area contributed by atoms with Crippen molar-refractivity contribution in [1.82, 2.24) is 0 Å². The van der Waals surface area contributed by atoms with E-state index >= 15 is 0 Å². The number of halogens is 3. The number of benzene rings is 2. The lowest BCUT2D eigenvalue weighted by Gasteiger charge is -2.10. The van der Waals surface area contributed by atoms with Crippen LogP contribution in [-0.2, 0) is 10.0 Å². The highest BCUT2D eigenvalue weighted by atomic mass is 35.5. The smallest absolute Gasteiger partial charge is 0.261 e. The molecule has 0 saturated carbocycles. The van der Waals surface area contributed by atoms with Gasteiger partial charge in [-0.3, -0.25) is 4.72 Å². The number of hydrogen-bond acceptors (Lipinski definition) is 2. The minimum absolute atomic E-state index is 0.136. The summed E-state index contributed by atoms with van der Waals surface area (Å²) in [5.74, 6) is 0. The molecule has 0 saturated heterocycles. The van der Waals surface area contributed by atoms with Gasteiger partial charge >= 0.3 is 0 Å². The maximum atomic E-state index is 12.1. The van der Waals surface area contributed by atoms with Crippen LogP contribution in [0, 0.1) is 0 Å². The van der Waals surface area contributed by atoms with E-state index in [9.17, 15) is 8.42 Å². The Bertz CT molecular complexity index is 702. The lowest BCUT2D eigenvalue weighted by molar-refractivity contribution is 0.601. The van der Waals surface area contributed by atoms with Crippen molar-refractivity contribution in [3.05, 3.63) is 57.5 Å². The van der Waals surface area contributed by atoms with Crippen LogP contribution < -0.4 is 4.72 Å². The number of rotatable bonds is 3. The normalized spacial score (nSPS) is 11.3. The van der Waals surface area contributed by atoms with Crippen LogP contribution in [0.4, 0.5) is 5.69 Å². The first-order valence-electron chi connectivity index (χ1n) is 5.12. The van der Waals surface area contributed by atoms with Crippen molar-refractivity contribution in [2.75, 3.05) is 4.72 Å². The zero-order chi connectivity index (χ0) is 14.0. The first kappa shape index (κ1) is 14.5. The van der Waals surface area contributed by atoms with Gasteiger partial charge in [-0.2, -0.15) is 0 Å². The molecule has 0 aromatic heterocycles. The zero-order valence-corrected chi connectivity index (χ0v) is 12.5. The fraction of sp³-hybridized carbons (Fsp3) is 0. The third kappa shape index (κ3) is 3.34. The van der Waals surface area contributed by atoms with Crippen molar-refractivity contribution in [3.63, 3.8) is 0 Å². The molecular formula is C12H8Cl3NO2S. The first-order valence-corrected chi connectivity index (χ1v) is 7.74. The van der Waals surface area contributed by atoms with Crippen LogP contribution in [0.2, 0.25) is 15.1 Å². The molecule has 3 nitrogen and oxygen atoms in total. The van der Waals surface area contributed by atoms with Gasteiger partial charge in [0.1, 0.15) is 0 Å². The molecule has 100 valence electrons. The summed E-state index contributed by atoms with van der Waals surface area (Å²) < 4.78 is 26.6. The molecular weight excluding hydrogens is 329 g/mol. The zero-order valence-electron chi connectivity index (χ0n) is 9.40. The molecule has 2 aromatic carbocycles. The van der Waals surface area contributed by atoms with Crippen LogP contribution in [0.5, 0.6) is 0 Å². The third-order valence-corrected chi connectivity index (χ3v) is 4.72. The molecule has 0 aliphatic rings. The van der Waals surface area contributed by atoms with Crippen LogP contribution in [-0.4, -0.2) is 8.42 Å². The van der Waals surface area contributed by atoms with Crippen LogP contribution in [0.3, 0.4) is 0 Å². The highest BCUT2D eigenvalue weighted by Gasteiger charge is 2.16. The Kier molecular flexibility index (Phi) is 4.26. The molecule has 0 bridgehead atoms. The fourth-order valence-corrected chi connectivity index (χ4v) is 3.15. The van der Waals surface area contributed by atoms with Gasteiger partial charge in [0, 0.05) is 0 Å². The van der Waals surface area contributed by atoms with E-state index in [0.717, 1.165) is 0 Å². The second-order valence-corrected chi connectivity index (χ2v) is 6.57. The number of hydrogen-bond donors (Lipinski definition) is 1. The van der Waals surface area contributed by atoms with Crippen molar-refractivity contribution >= 4 is 50.5 Å². The summed E-state index contributed by atoms with van der Waals surface area (Å²) in [4.78, 5) is 0.136. The number of nitrogens with one attached hydrogen (secondary N) is 1. The van der Waals surface area contributed by atoms with E-state index in [1.54, 1.807) is 18.2 Å². The van der Waals surface area contributed by atoms with Crippen molar-refractivity contribution in [2.45, 2.75) is 4.90 Å². The Balaban J connectivity index is 2.39. The summed E-state index contributed by atoms with van der Waals surface area (Å²) in [6.45, 7) is 0. The predicted octanol–water partition coefficient (Wildman–Crippen LogP) is 4.45. The Labute approximate surface area is 126 Å². The summed E-state index contributed by atoms with van der Waals surface area (Å²) in [5, 5.41) is 0.653. The largest absolute Gasteiger partial charge is 0.278 e. The number of sulfonamides is 1. The lowest BCUT2D eigenvalue weighted by atomic mass is 10.3. The Morgan fingerprint density at radius 1 is 0.842 bits per heavy atom. The molecule has 0 fully saturated rings. The van der Waals surface area contributed by atoms with Crippen LogP contribution in [0.15, 0.2) is 47.4 Å². The minimum atomic E-state index is -3.70. The van der Waals surface area contributed by atoms with Gasteiger partial charge in [0.15, 0.2) is 0 Å². The van der Waals surface area contributed by atoms with Gasteiger partial charge in [0.05, 0.1) is 25.7 Å². The molecule has 2 rings (SSSR count). The molecule has 19 heavy (non-hydrogen) atoms. The molecule has 0 aliphatic heterocycles. The molecule has 0 amide bonds. The quantitative estimate of drug-likeness (QED) is 0.842. The van der Waals surface area contributed by atoms with Crippen LogP contribution in [0.1, 0.15) is 0 Å². The van der Waals surface area contributed by atoms with Gasteiger partial charge < -0.3 is 0 Å². The maximum Gasteiger partial charge on any atom is 0.261 e. The van der Waals surface area contributed by atoms with Gasteiger partial charge in [-0.1, -0.05) is 53.0 Å². The molecule has 0 unspecified atom stereocenters. The van der Waals surface area contributed by atoms with Gasteiger partial charge in [-0.05, 0) is 24.3 Å². The summed E-state index contributed by atoms with van der Waals surface area (Å²) in [6.07, 6.45) is 0. The van der Waals surface area contributed by atoms with E-state index < -0.39 is 10.0 Å². The monoisotopic (exact) mass is 335 g/mol. The standard InChI is InChI=1S/C12H8Cl3NO2S/c13-9-6-11(15)12(7-10(9)14)16-19(17,18)8-4-2-1-3-5-8/h1-7,16H. The van der Waals surface area contributed by atoms with Crippen molar-refractivity contribution in [3.8, 4) is 0 Å². The molecule has 7 heteroatoms. The van der Waals surface area contributed by atoms with Crippen LogP contribution in [0.25, 0.3) is 0 Å². The molecule has 0 radical (unpaired) electrons. The fourth-order valence-electron chi connectivity index (χ4n) is 1.40. The van der Waals surface area contributed by atoms with E-state index in [0.29, 0.717) is 0 Å². The van der Waals surface area contributed by atoms with E-state index in [-0.39, 0.29) is 25.7 Å². The second-order valence-electron chi connectivity index (χ2n) is 3.66. The Morgan fingerprint density at radius 3 is 2.05 bits per heavy atom. The van der Waals surface area contributed by atoms with Gasteiger partial charge in [-0.15, -0.1) is 0 Å². The molecule has 0 spiro atoms. The molecule has 2 aromatic rings. The second kappa shape index (κ2) is 5.59. The average Bonchev–Trinajstić information content (AvgIpc) is 2.37. The summed E-state index contributed by atoms with van der Waals surface area (Å²) in [5.41, 5.74) is 0.180. The van der Waals surface area contributed by atoms with Gasteiger partial charge in [0.2, 0.25) is 0 Å². The lowest BCUT2D eigenvalue weighted by Crippen LogP contribution is -2.13. The van der Waals surface area contributed by atoms with Crippen molar-refractivity contribution in [2.24, 2.45) is 0 Å². The topological polar surface area (TPSA) is 46.2 Å². The average molecular weight is 337 g/mol. The Morgan fingerprint density at radius 2 is 1.42 bits per heavy atom. The van der Waals surface area contributed by atoms with E-state index in [1.807, 2.05) is 0 Å². The highest BCUT2D eigenvalue weighted by molar-refractivity contribution is 7.92. The van der Waals surface area contributed by atoms with Crippen molar-refractivity contribution < 1.29 is 8.42 Å². The minimum Gasteiger partial charge on any atom is -0.278 e. The summed E-state index contributed by atoms with van der Waals surface area (Å²) >= 11 is 17.5. The predicted molar refractivity (Wildman–Crippen MR) is 78.7 cm³/mol. The van der Waals surface area contributed by atoms with E-state index in [2.05, 4.69) is 4.72 Å². The van der Waals surface area contributed by atoms with Crippen molar-refractivity contribution in [1.29, 1.82) is 0 Å². The van der Waals surface area contributed by atoms with Gasteiger partial charge in [-0.25, -0.2) is 8.42 Å². The van der Waals surface area contributed by atoms with Gasteiger partial charge in [0.25, 0.3) is 10.0 Å². The SMILES string of the molecule is O=S(=O)(Nc1cc(Cl)c(Cl)cc1Cl)c1ccccc1. The number of anilines is 1. The molecule has 0 atom stereocenters. The maximum absolute atomic E-state index is 12.1. The van der Waals surface area contributed by atoms with E-state index in [4.69, 9.17) is 34.8 Å². The molecule has 0 aliphatic carbocycles. The molecule has 0 heterocycles. The Hall–Kier alpha value is -0.940. The summed E-state index contributed by atoms with van der Waals surface area (Å²) in [7, 11) is -3.70. The highest BCUT2D eigenvalue weighted by Crippen LogP contribution is 2.33. The summed E-state index contributed by atoms with van der Waals surface area (Å²) in [6, 6.07) is 10.7. The molecule has 1 N–H and O–H groups in total.